The highest BCUT2D eigenvalue weighted by Crippen LogP contribution is 2.33. The lowest BCUT2D eigenvalue weighted by Gasteiger charge is -2.17. The van der Waals surface area contributed by atoms with Crippen LogP contribution in [-0.2, 0) is 24.1 Å². The molecule has 3 heterocycles. The topological polar surface area (TPSA) is 101 Å². The SMILES string of the molecule is CCOC(=O)NCCn1nc([C@H]2CCCN2)c2c3c(c(=O)[nH]c21)CCCC3. The Labute approximate surface area is 157 Å². The summed E-state index contributed by atoms with van der Waals surface area (Å²) in [6.45, 7) is 3.99. The van der Waals surface area contributed by atoms with Crippen LogP contribution in [0.4, 0.5) is 4.79 Å². The fourth-order valence-electron chi connectivity index (χ4n) is 4.29. The fourth-order valence-corrected chi connectivity index (χ4v) is 4.29. The number of hydrogen-bond donors (Lipinski definition) is 3. The first-order chi connectivity index (χ1) is 13.2. The highest BCUT2D eigenvalue weighted by atomic mass is 16.5. The third-order valence-electron chi connectivity index (χ3n) is 5.51. The van der Waals surface area contributed by atoms with Crippen molar-refractivity contribution in [2.24, 2.45) is 0 Å². The molecule has 8 heteroatoms. The van der Waals surface area contributed by atoms with E-state index in [1.807, 2.05) is 4.68 Å². The number of nitrogens with zero attached hydrogens (tertiary/aromatic N) is 2. The summed E-state index contributed by atoms with van der Waals surface area (Å²) >= 11 is 0. The molecule has 1 aliphatic carbocycles. The van der Waals surface area contributed by atoms with E-state index in [-0.39, 0.29) is 11.6 Å². The van der Waals surface area contributed by atoms with Gasteiger partial charge in [-0.15, -0.1) is 0 Å². The number of aromatic nitrogens is 3. The predicted octanol–water partition coefficient (Wildman–Crippen LogP) is 1.77. The zero-order valence-electron chi connectivity index (χ0n) is 15.8. The lowest BCUT2D eigenvalue weighted by atomic mass is 9.89. The number of hydrogen-bond acceptors (Lipinski definition) is 5. The van der Waals surface area contributed by atoms with E-state index in [0.29, 0.717) is 19.7 Å². The molecule has 2 aliphatic rings. The van der Waals surface area contributed by atoms with Gasteiger partial charge in [-0.05, 0) is 57.6 Å². The number of aromatic amines is 1. The fraction of sp³-hybridized carbons (Fsp3) is 0.632. The average molecular weight is 373 g/mol. The van der Waals surface area contributed by atoms with Gasteiger partial charge in [0, 0.05) is 17.5 Å². The highest BCUT2D eigenvalue weighted by molar-refractivity contribution is 5.84. The van der Waals surface area contributed by atoms with Crippen molar-refractivity contribution in [3.8, 4) is 0 Å². The van der Waals surface area contributed by atoms with Gasteiger partial charge in [0.1, 0.15) is 5.65 Å². The van der Waals surface area contributed by atoms with Gasteiger partial charge in [0.05, 0.1) is 24.9 Å². The molecule has 1 fully saturated rings. The number of alkyl carbamates (subject to hydrolysis) is 1. The second kappa shape index (κ2) is 7.72. The number of H-pyrrole nitrogens is 1. The molecule has 2 aromatic heterocycles. The number of aryl methyl sites for hydroxylation is 1. The molecular weight excluding hydrogens is 346 g/mol. The molecule has 0 bridgehead atoms. The van der Waals surface area contributed by atoms with Crippen molar-refractivity contribution in [3.63, 3.8) is 0 Å². The number of amides is 1. The van der Waals surface area contributed by atoms with Crippen LogP contribution in [0.5, 0.6) is 0 Å². The van der Waals surface area contributed by atoms with Crippen LogP contribution < -0.4 is 16.2 Å². The van der Waals surface area contributed by atoms with Gasteiger partial charge in [-0.3, -0.25) is 4.79 Å². The second-order valence-corrected chi connectivity index (χ2v) is 7.25. The van der Waals surface area contributed by atoms with Crippen LogP contribution in [0.15, 0.2) is 4.79 Å². The molecule has 3 N–H and O–H groups in total. The van der Waals surface area contributed by atoms with Gasteiger partial charge in [-0.25, -0.2) is 9.48 Å². The van der Waals surface area contributed by atoms with Crippen LogP contribution in [0, 0.1) is 0 Å². The summed E-state index contributed by atoms with van der Waals surface area (Å²) < 4.78 is 6.73. The van der Waals surface area contributed by atoms with E-state index in [2.05, 4.69) is 15.6 Å². The first-order valence-electron chi connectivity index (χ1n) is 9.97. The van der Waals surface area contributed by atoms with Crippen LogP contribution in [-0.4, -0.2) is 40.6 Å². The average Bonchev–Trinajstić information content (AvgIpc) is 3.31. The Kier molecular flexibility index (Phi) is 5.15. The highest BCUT2D eigenvalue weighted by Gasteiger charge is 2.27. The molecule has 0 saturated carbocycles. The molecule has 2 aromatic rings. The normalized spacial score (nSPS) is 19.2. The van der Waals surface area contributed by atoms with Gasteiger partial charge < -0.3 is 20.4 Å². The lowest BCUT2D eigenvalue weighted by Crippen LogP contribution is -2.28. The molecule has 0 unspecified atom stereocenters. The predicted molar refractivity (Wildman–Crippen MR) is 102 cm³/mol. The summed E-state index contributed by atoms with van der Waals surface area (Å²) in [5, 5.41) is 12.2. The Morgan fingerprint density at radius 3 is 2.85 bits per heavy atom. The van der Waals surface area contributed by atoms with Gasteiger partial charge in [-0.1, -0.05) is 0 Å². The van der Waals surface area contributed by atoms with Crippen LogP contribution in [0.3, 0.4) is 0 Å². The monoisotopic (exact) mass is 373 g/mol. The third kappa shape index (κ3) is 3.45. The summed E-state index contributed by atoms with van der Waals surface area (Å²) in [5.74, 6) is 0. The molecule has 0 radical (unpaired) electrons. The molecule has 1 saturated heterocycles. The molecule has 146 valence electrons. The maximum Gasteiger partial charge on any atom is 0.407 e. The van der Waals surface area contributed by atoms with E-state index >= 15 is 0 Å². The maximum absolute atomic E-state index is 12.6. The largest absolute Gasteiger partial charge is 0.450 e. The maximum atomic E-state index is 12.6. The Balaban J connectivity index is 1.72. The minimum absolute atomic E-state index is 0.00244. The molecule has 8 nitrogen and oxygen atoms in total. The number of carbonyl (C=O) groups excluding carboxylic acids is 1. The van der Waals surface area contributed by atoms with Crippen molar-refractivity contribution in [2.75, 3.05) is 19.7 Å². The standard InChI is InChI=1S/C19H27N5O3/c1-2-27-19(26)21-10-11-24-17-15(16(23-24)14-8-5-9-20-14)12-6-3-4-7-13(12)18(25)22-17/h14,20H,2-11H2,1H3,(H,21,26)(H,22,25)/t14-/m1/s1. The van der Waals surface area contributed by atoms with Gasteiger partial charge >= 0.3 is 6.09 Å². The molecule has 1 amide bonds. The Morgan fingerprint density at radius 1 is 1.30 bits per heavy atom. The zero-order valence-corrected chi connectivity index (χ0v) is 15.8. The summed E-state index contributed by atoms with van der Waals surface area (Å²) in [6.07, 6.45) is 5.71. The smallest absolute Gasteiger partial charge is 0.407 e. The molecule has 0 spiro atoms. The quantitative estimate of drug-likeness (QED) is 0.742. The lowest BCUT2D eigenvalue weighted by molar-refractivity contribution is 0.152. The number of fused-ring (bicyclic) bond motifs is 3. The first-order valence-corrected chi connectivity index (χ1v) is 9.97. The third-order valence-corrected chi connectivity index (χ3v) is 5.51. The van der Waals surface area contributed by atoms with Gasteiger partial charge in [0.15, 0.2) is 0 Å². The van der Waals surface area contributed by atoms with E-state index in [1.165, 1.54) is 5.56 Å². The van der Waals surface area contributed by atoms with Crippen molar-refractivity contribution < 1.29 is 9.53 Å². The zero-order chi connectivity index (χ0) is 18.8. The Hall–Kier alpha value is -2.35. The first kappa shape index (κ1) is 18.0. The van der Waals surface area contributed by atoms with Crippen LogP contribution >= 0.6 is 0 Å². The number of pyridine rings is 1. The van der Waals surface area contributed by atoms with E-state index < -0.39 is 6.09 Å². The minimum atomic E-state index is -0.433. The van der Waals surface area contributed by atoms with Crippen LogP contribution in [0.25, 0.3) is 11.0 Å². The van der Waals surface area contributed by atoms with E-state index in [9.17, 15) is 9.59 Å². The number of rotatable bonds is 5. The molecule has 1 atom stereocenters. The molecule has 0 aromatic carbocycles. The second-order valence-electron chi connectivity index (χ2n) is 7.25. The summed E-state index contributed by atoms with van der Waals surface area (Å²) in [7, 11) is 0. The van der Waals surface area contributed by atoms with Crippen molar-refractivity contribution in [1.29, 1.82) is 0 Å². The minimum Gasteiger partial charge on any atom is -0.450 e. The van der Waals surface area contributed by atoms with E-state index in [4.69, 9.17) is 9.84 Å². The number of carbonyl (C=O) groups is 1. The van der Waals surface area contributed by atoms with Crippen molar-refractivity contribution in [1.82, 2.24) is 25.4 Å². The van der Waals surface area contributed by atoms with Crippen molar-refractivity contribution in [2.45, 2.75) is 58.0 Å². The van der Waals surface area contributed by atoms with Gasteiger partial charge in [0.25, 0.3) is 5.56 Å². The van der Waals surface area contributed by atoms with Gasteiger partial charge in [-0.2, -0.15) is 5.10 Å². The summed E-state index contributed by atoms with van der Waals surface area (Å²) in [5.41, 5.74) is 3.91. The number of nitrogens with one attached hydrogen (secondary N) is 3. The molecule has 4 rings (SSSR count). The summed E-state index contributed by atoms with van der Waals surface area (Å²) in [6, 6.07) is 0.226. The van der Waals surface area contributed by atoms with Crippen molar-refractivity contribution in [3.05, 3.63) is 27.2 Å². The van der Waals surface area contributed by atoms with E-state index in [0.717, 1.165) is 67.4 Å². The summed E-state index contributed by atoms with van der Waals surface area (Å²) in [4.78, 5) is 27.2. The molecule has 27 heavy (non-hydrogen) atoms. The Bertz CT molecular complexity index is 895. The molecular formula is C19H27N5O3. The van der Waals surface area contributed by atoms with Crippen LogP contribution in [0.2, 0.25) is 0 Å². The van der Waals surface area contributed by atoms with Crippen molar-refractivity contribution >= 4 is 17.1 Å². The molecule has 1 aliphatic heterocycles. The Morgan fingerprint density at radius 2 is 2.11 bits per heavy atom. The number of ether oxygens (including phenoxy) is 1. The van der Waals surface area contributed by atoms with Gasteiger partial charge in [0.2, 0.25) is 0 Å². The van der Waals surface area contributed by atoms with E-state index in [1.54, 1.807) is 6.92 Å². The van der Waals surface area contributed by atoms with Crippen LogP contribution in [0.1, 0.15) is 55.5 Å².